The maximum atomic E-state index is 12.9. The smallest absolute Gasteiger partial charge is 0.397 e. The standard InChI is InChI=1S/C27H27N5O20S6/c1-46-20-7-6-18(56(38,39)10-8-47-54-52-50-35)14-19(20)30-31-25-21(53-51-49-34)12-15-13-22(57(40,41)42)26(24(28)23(15)27(25)33)32-29-16-2-4-17(5-3-16)55(36,37)11-9-48-58(43,44)45/h2-7,12-14,33-35H,8-11,28H2,1H3,(H,40,41,42)(H,43,44,45)/b31-30+,32-29+. The van der Waals surface area contributed by atoms with Gasteiger partial charge in [0.05, 0.1) is 75.3 Å². The minimum atomic E-state index is -5.14. The van der Waals surface area contributed by atoms with Gasteiger partial charge in [0.1, 0.15) is 27.7 Å². The molecule has 0 aliphatic rings. The molecule has 0 bridgehead atoms. The van der Waals surface area contributed by atoms with Crippen LogP contribution in [-0.2, 0) is 67.3 Å². The molecule has 0 radical (unpaired) electrons. The van der Waals surface area contributed by atoms with Gasteiger partial charge in [-0.2, -0.15) is 21.9 Å². The molecule has 25 nitrogen and oxygen atoms in total. The lowest BCUT2D eigenvalue weighted by Gasteiger charge is -2.14. The van der Waals surface area contributed by atoms with Gasteiger partial charge >= 0.3 is 10.4 Å². The minimum Gasteiger partial charge on any atom is -0.505 e. The molecule has 0 aromatic heterocycles. The van der Waals surface area contributed by atoms with E-state index in [9.17, 15) is 43.3 Å². The summed E-state index contributed by atoms with van der Waals surface area (Å²) in [5, 5.41) is 50.6. The van der Waals surface area contributed by atoms with Gasteiger partial charge in [-0.15, -0.1) is 24.0 Å². The highest BCUT2D eigenvalue weighted by Crippen LogP contribution is 2.50. The summed E-state index contributed by atoms with van der Waals surface area (Å²) in [5.41, 5.74) is 4.24. The molecule has 0 unspecified atom stereocenters. The molecule has 58 heavy (non-hydrogen) atoms. The Balaban J connectivity index is 1.79. The molecular formula is C27H27N5O20S6. The molecule has 0 atom stereocenters. The number of nitrogen functional groups attached to an aromatic ring is 1. The van der Waals surface area contributed by atoms with Crippen LogP contribution in [-0.4, -0.2) is 90.2 Å². The number of rotatable bonds is 21. The van der Waals surface area contributed by atoms with Crippen LogP contribution in [0.15, 0.2) is 94.6 Å². The van der Waals surface area contributed by atoms with E-state index in [0.717, 1.165) is 42.5 Å². The van der Waals surface area contributed by atoms with Crippen molar-refractivity contribution < 1.29 is 90.2 Å². The van der Waals surface area contributed by atoms with Gasteiger partial charge in [-0.3, -0.25) is 13.3 Å². The predicted octanol–water partition coefficient (Wildman–Crippen LogP) is 5.01. The summed E-state index contributed by atoms with van der Waals surface area (Å²) in [7, 11) is -16.9. The Morgan fingerprint density at radius 3 is 1.98 bits per heavy atom. The van der Waals surface area contributed by atoms with Crippen LogP contribution in [0.25, 0.3) is 10.8 Å². The van der Waals surface area contributed by atoms with E-state index in [4.69, 9.17) is 29.7 Å². The number of phenolic OH excluding ortho intramolecular Hbond substituents is 1. The van der Waals surface area contributed by atoms with Crippen molar-refractivity contribution in [2.45, 2.75) is 19.6 Å². The quantitative estimate of drug-likeness (QED) is 0.0122. The van der Waals surface area contributed by atoms with E-state index in [-0.39, 0.29) is 66.9 Å². The highest BCUT2D eigenvalue weighted by Gasteiger charge is 2.26. The molecule has 0 fully saturated rings. The summed E-state index contributed by atoms with van der Waals surface area (Å²) in [6.45, 7) is -1.29. The van der Waals surface area contributed by atoms with Gasteiger partial charge in [0.25, 0.3) is 10.1 Å². The van der Waals surface area contributed by atoms with Crippen molar-refractivity contribution >= 4 is 104 Å². The molecule has 4 aromatic carbocycles. The average molecular weight is 934 g/mol. The number of nitrogens with two attached hydrogens (primary N) is 1. The first-order valence-electron chi connectivity index (χ1n) is 14.9. The van der Waals surface area contributed by atoms with Gasteiger partial charge in [0.15, 0.2) is 37.7 Å². The number of nitrogens with zero attached hydrogens (tertiary/aromatic N) is 4. The van der Waals surface area contributed by atoms with E-state index in [0.29, 0.717) is 0 Å². The Morgan fingerprint density at radius 1 is 0.741 bits per heavy atom. The first-order chi connectivity index (χ1) is 27.2. The lowest BCUT2D eigenvalue weighted by molar-refractivity contribution is -0.434. The van der Waals surface area contributed by atoms with E-state index in [1.54, 1.807) is 0 Å². The number of ether oxygens (including phenoxy) is 1. The van der Waals surface area contributed by atoms with Crippen molar-refractivity contribution in [1.82, 2.24) is 0 Å². The van der Waals surface area contributed by atoms with Crippen molar-refractivity contribution in [3.05, 3.63) is 54.6 Å². The van der Waals surface area contributed by atoms with Crippen molar-refractivity contribution in [3.63, 3.8) is 0 Å². The first-order valence-corrected chi connectivity index (χ1v) is 22.4. The van der Waals surface area contributed by atoms with Crippen molar-refractivity contribution in [1.29, 1.82) is 0 Å². The second kappa shape index (κ2) is 19.7. The van der Waals surface area contributed by atoms with Crippen LogP contribution in [0.3, 0.4) is 0 Å². The Morgan fingerprint density at radius 2 is 1.36 bits per heavy atom. The number of phenols is 1. The van der Waals surface area contributed by atoms with Gasteiger partial charge < -0.3 is 15.6 Å². The Labute approximate surface area is 336 Å². The number of fused-ring (bicyclic) bond motifs is 1. The number of methoxy groups -OCH3 is 1. The third-order valence-corrected chi connectivity index (χ3v) is 12.8. The van der Waals surface area contributed by atoms with Crippen LogP contribution in [0.4, 0.5) is 28.4 Å². The SMILES string of the molecule is COc1ccc(S(=O)(=O)CCOSOOO)cc1/N=N/c1c(SOOO)cc2cc(S(=O)(=O)O)c(/N=N/c3ccc(S(=O)(=O)CCOS(=O)(=O)O)cc3)c(N)c2c1O. The molecule has 0 saturated carbocycles. The van der Waals surface area contributed by atoms with Gasteiger partial charge in [-0.1, -0.05) is 10.1 Å². The van der Waals surface area contributed by atoms with Crippen molar-refractivity contribution in [2.75, 3.05) is 37.6 Å². The zero-order valence-electron chi connectivity index (χ0n) is 28.7. The number of aromatic hydroxyl groups is 1. The fourth-order valence-corrected chi connectivity index (χ4v) is 8.67. The maximum Gasteiger partial charge on any atom is 0.397 e. The number of hydrogen-bond donors (Lipinski definition) is 6. The van der Waals surface area contributed by atoms with E-state index < -0.39 is 92.6 Å². The molecule has 316 valence electrons. The molecule has 0 aliphatic heterocycles. The molecule has 4 aromatic rings. The van der Waals surface area contributed by atoms with Crippen LogP contribution in [0.5, 0.6) is 11.5 Å². The van der Waals surface area contributed by atoms with Gasteiger partial charge in [-0.05, 0) is 60.0 Å². The summed E-state index contributed by atoms with van der Waals surface area (Å²) in [5.74, 6) is -2.22. The summed E-state index contributed by atoms with van der Waals surface area (Å²) >= 11 is 0.405. The first kappa shape index (κ1) is 46.5. The van der Waals surface area contributed by atoms with Gasteiger partial charge in [0, 0.05) is 0 Å². The molecule has 0 aliphatic carbocycles. The lowest BCUT2D eigenvalue weighted by atomic mass is 10.1. The molecule has 31 heteroatoms. The second-order valence-corrected chi connectivity index (χ2v) is 18.6. The predicted molar refractivity (Wildman–Crippen MR) is 198 cm³/mol. The lowest BCUT2D eigenvalue weighted by Crippen LogP contribution is -2.15. The minimum absolute atomic E-state index is 0.00391. The van der Waals surface area contributed by atoms with Crippen molar-refractivity contribution in [2.24, 2.45) is 20.5 Å². The number of benzene rings is 4. The Hall–Kier alpha value is -4.16. The normalized spacial score (nSPS) is 12.9. The second-order valence-electron chi connectivity index (χ2n) is 10.7. The zero-order chi connectivity index (χ0) is 42.9. The molecule has 0 heterocycles. The third-order valence-electron chi connectivity index (χ3n) is 7.10. The third kappa shape index (κ3) is 12.2. The maximum absolute atomic E-state index is 12.9. The zero-order valence-corrected chi connectivity index (χ0v) is 33.6. The molecule has 0 saturated heterocycles. The summed E-state index contributed by atoms with van der Waals surface area (Å²) in [6.07, 6.45) is 0. The van der Waals surface area contributed by atoms with Crippen LogP contribution in [0.1, 0.15) is 0 Å². The van der Waals surface area contributed by atoms with Crippen LogP contribution in [0, 0.1) is 0 Å². The van der Waals surface area contributed by atoms with Crippen LogP contribution >= 0.6 is 24.4 Å². The van der Waals surface area contributed by atoms with Gasteiger partial charge in [0.2, 0.25) is 0 Å². The molecule has 4 rings (SSSR count). The Kier molecular flexibility index (Phi) is 15.8. The Bertz CT molecular complexity index is 2650. The molecule has 7 N–H and O–H groups in total. The number of hydrogen-bond acceptors (Lipinski definition) is 25. The largest absolute Gasteiger partial charge is 0.505 e. The van der Waals surface area contributed by atoms with E-state index in [1.807, 2.05) is 0 Å². The summed E-state index contributed by atoms with van der Waals surface area (Å²) in [4.78, 5) is -1.72. The van der Waals surface area contributed by atoms with Crippen LogP contribution in [0.2, 0.25) is 0 Å². The van der Waals surface area contributed by atoms with E-state index in [1.165, 1.54) is 19.2 Å². The van der Waals surface area contributed by atoms with E-state index in [2.05, 4.69) is 43.4 Å². The average Bonchev–Trinajstić information content (AvgIpc) is 3.15. The summed E-state index contributed by atoms with van der Waals surface area (Å²) < 4.78 is 139. The van der Waals surface area contributed by atoms with E-state index >= 15 is 0 Å². The van der Waals surface area contributed by atoms with Crippen LogP contribution < -0.4 is 10.5 Å². The number of anilines is 1. The fraction of sp³-hybridized carbons (Fsp3) is 0.185. The molecular weight excluding hydrogens is 907 g/mol. The fourth-order valence-electron chi connectivity index (χ4n) is 4.59. The monoisotopic (exact) mass is 933 g/mol. The summed E-state index contributed by atoms with van der Waals surface area (Å²) in [6, 6.07) is 9.82. The topological polar surface area (TPSA) is 378 Å². The number of azo groups is 2. The molecule has 0 amide bonds. The molecule has 0 spiro atoms. The highest BCUT2D eigenvalue weighted by molar-refractivity contribution is 7.94. The van der Waals surface area contributed by atoms with Crippen molar-refractivity contribution in [3.8, 4) is 11.5 Å². The number of sulfone groups is 2. The van der Waals surface area contributed by atoms with Gasteiger partial charge in [-0.25, -0.2) is 31.5 Å². The highest BCUT2D eigenvalue weighted by atomic mass is 32.3.